The highest BCUT2D eigenvalue weighted by Crippen LogP contribution is 2.20. The predicted molar refractivity (Wildman–Crippen MR) is 107 cm³/mol. The number of carbonyl (C=O) groups excluding carboxylic acids is 3. The molecule has 0 aliphatic carbocycles. The molecule has 0 spiro atoms. The number of nitrogens with two attached hydrogens (primary N) is 1. The van der Waals surface area contributed by atoms with E-state index in [1.807, 2.05) is 0 Å². The fraction of sp³-hybridized carbons (Fsp3) is 0.300. The first kappa shape index (κ1) is 21.8. The lowest BCUT2D eigenvalue weighted by Crippen LogP contribution is -2.36. The molecule has 1 heterocycles. The maximum atomic E-state index is 12.5. The van der Waals surface area contributed by atoms with Gasteiger partial charge in [0.05, 0.1) is 25.8 Å². The van der Waals surface area contributed by atoms with E-state index in [1.54, 1.807) is 24.3 Å². The third-order valence-corrected chi connectivity index (χ3v) is 3.87. The van der Waals surface area contributed by atoms with E-state index in [9.17, 15) is 14.4 Å². The Morgan fingerprint density at radius 1 is 1.14 bits per heavy atom. The van der Waals surface area contributed by atoms with Gasteiger partial charge in [0.15, 0.2) is 11.4 Å². The number of ether oxygens (including phenoxy) is 2. The Morgan fingerprint density at radius 3 is 2.48 bits per heavy atom. The van der Waals surface area contributed by atoms with Gasteiger partial charge in [-0.2, -0.15) is 0 Å². The van der Waals surface area contributed by atoms with Gasteiger partial charge >= 0.3 is 0 Å². The summed E-state index contributed by atoms with van der Waals surface area (Å²) in [6.07, 6.45) is 3.25. The number of carbonyl (C=O) groups is 3. The molecule has 0 atom stereocenters. The van der Waals surface area contributed by atoms with Gasteiger partial charge < -0.3 is 20.5 Å². The topological polar surface area (TPSA) is 133 Å². The van der Waals surface area contributed by atoms with Gasteiger partial charge in [-0.1, -0.05) is 13.3 Å². The molecule has 1 aromatic carbocycles. The molecule has 9 heteroatoms. The molecule has 4 N–H and O–H groups in total. The molecule has 0 bridgehead atoms. The van der Waals surface area contributed by atoms with Gasteiger partial charge in [-0.25, -0.2) is 4.98 Å². The molecule has 0 saturated carbocycles. The average molecular weight is 400 g/mol. The van der Waals surface area contributed by atoms with Gasteiger partial charge in [-0.3, -0.25) is 19.7 Å². The Bertz CT molecular complexity index is 868. The summed E-state index contributed by atoms with van der Waals surface area (Å²) in [6.45, 7) is 2.39. The van der Waals surface area contributed by atoms with Crippen molar-refractivity contribution in [2.75, 3.05) is 25.6 Å². The highest BCUT2D eigenvalue weighted by atomic mass is 16.5. The van der Waals surface area contributed by atoms with Crippen LogP contribution in [0.4, 0.5) is 5.69 Å². The van der Waals surface area contributed by atoms with Crippen LogP contribution in [-0.4, -0.2) is 43.0 Å². The third-order valence-electron chi connectivity index (χ3n) is 3.87. The number of nitrogens with zero attached hydrogens (tertiary/aromatic N) is 1. The predicted octanol–water partition coefficient (Wildman–Crippen LogP) is 1.74. The monoisotopic (exact) mass is 400 g/mol. The third kappa shape index (κ3) is 6.28. The zero-order chi connectivity index (χ0) is 21.2. The van der Waals surface area contributed by atoms with E-state index in [2.05, 4.69) is 22.5 Å². The van der Waals surface area contributed by atoms with Gasteiger partial charge in [0.2, 0.25) is 5.91 Å². The number of hydrogen-bond acceptors (Lipinski definition) is 7. The maximum Gasteiger partial charge on any atom is 0.280 e. The molecule has 29 heavy (non-hydrogen) atoms. The van der Waals surface area contributed by atoms with Crippen molar-refractivity contribution in [2.45, 2.75) is 19.8 Å². The number of anilines is 1. The molecule has 3 amide bonds. The van der Waals surface area contributed by atoms with Crippen molar-refractivity contribution < 1.29 is 23.9 Å². The summed E-state index contributed by atoms with van der Waals surface area (Å²) in [7, 11) is 1.33. The van der Waals surface area contributed by atoms with Crippen molar-refractivity contribution in [1.82, 2.24) is 10.3 Å². The summed E-state index contributed by atoms with van der Waals surface area (Å²) in [4.78, 5) is 39.7. The van der Waals surface area contributed by atoms with Crippen LogP contribution in [-0.2, 0) is 4.79 Å². The zero-order valence-corrected chi connectivity index (χ0v) is 16.4. The number of amides is 3. The maximum absolute atomic E-state index is 12.5. The minimum Gasteiger partial charge on any atom is -0.494 e. The first-order valence-electron chi connectivity index (χ1n) is 9.11. The van der Waals surface area contributed by atoms with Crippen LogP contribution in [0.1, 0.15) is 40.6 Å². The molecule has 154 valence electrons. The second-order valence-electron chi connectivity index (χ2n) is 6.04. The minimum absolute atomic E-state index is 0.0552. The van der Waals surface area contributed by atoms with Crippen LogP contribution in [0.2, 0.25) is 0 Å². The second kappa shape index (κ2) is 10.8. The smallest absolute Gasteiger partial charge is 0.280 e. The lowest BCUT2D eigenvalue weighted by molar-refractivity contribution is -0.118. The number of unbranched alkanes of at least 4 members (excludes halogenated alkanes) is 1. The molecule has 0 fully saturated rings. The number of pyridine rings is 1. The first-order valence-corrected chi connectivity index (χ1v) is 9.11. The Hall–Kier alpha value is -3.46. The molecule has 2 rings (SSSR count). The molecule has 0 aliphatic rings. The lowest BCUT2D eigenvalue weighted by Gasteiger charge is -2.10. The Kier molecular flexibility index (Phi) is 8.11. The molecular weight excluding hydrogens is 376 g/mol. The van der Waals surface area contributed by atoms with Crippen LogP contribution >= 0.6 is 0 Å². The van der Waals surface area contributed by atoms with Crippen LogP contribution in [0, 0.1) is 0 Å². The summed E-state index contributed by atoms with van der Waals surface area (Å²) < 4.78 is 10.7. The highest BCUT2D eigenvalue weighted by molar-refractivity contribution is 6.07. The molecule has 2 aromatic rings. The molecule has 1 aromatic heterocycles. The molecule has 0 unspecified atom stereocenters. The van der Waals surface area contributed by atoms with Gasteiger partial charge in [0.25, 0.3) is 11.8 Å². The standard InChI is InChI=1S/C20H24N4O5/c1-3-4-9-29-15-7-5-14(6-8-15)23-19(26)13-10-16(28-2)18(22-12-13)20(27)24-17(25)11-21/h5-8,10,12H,3-4,9,11,21H2,1-2H3,(H,23,26)(H,24,25,27). The zero-order valence-electron chi connectivity index (χ0n) is 16.4. The van der Waals surface area contributed by atoms with Crippen molar-refractivity contribution in [2.24, 2.45) is 5.73 Å². The largest absolute Gasteiger partial charge is 0.494 e. The number of nitrogens with one attached hydrogen (secondary N) is 2. The van der Waals surface area contributed by atoms with Gasteiger partial charge in [0.1, 0.15) is 5.75 Å². The first-order chi connectivity index (χ1) is 14.0. The van der Waals surface area contributed by atoms with E-state index in [-0.39, 0.29) is 23.6 Å². The van der Waals surface area contributed by atoms with Crippen molar-refractivity contribution in [1.29, 1.82) is 0 Å². The van der Waals surface area contributed by atoms with Crippen LogP contribution in [0.3, 0.4) is 0 Å². The van der Waals surface area contributed by atoms with Crippen LogP contribution in [0.5, 0.6) is 11.5 Å². The average Bonchev–Trinajstić information content (AvgIpc) is 2.74. The van der Waals surface area contributed by atoms with Crippen molar-refractivity contribution in [3.05, 3.63) is 47.8 Å². The summed E-state index contributed by atoms with van der Waals surface area (Å²) in [5, 5.41) is 4.81. The van der Waals surface area contributed by atoms with Gasteiger partial charge in [0, 0.05) is 11.9 Å². The van der Waals surface area contributed by atoms with Crippen molar-refractivity contribution in [3.8, 4) is 11.5 Å². The van der Waals surface area contributed by atoms with Gasteiger partial charge in [-0.15, -0.1) is 0 Å². The van der Waals surface area contributed by atoms with E-state index in [4.69, 9.17) is 15.2 Å². The van der Waals surface area contributed by atoms with E-state index < -0.39 is 17.7 Å². The number of hydrogen-bond donors (Lipinski definition) is 3. The van der Waals surface area contributed by atoms with E-state index in [0.717, 1.165) is 18.6 Å². The van der Waals surface area contributed by atoms with Crippen LogP contribution in [0.15, 0.2) is 36.5 Å². The van der Waals surface area contributed by atoms with E-state index in [0.29, 0.717) is 12.3 Å². The Balaban J connectivity index is 2.07. The fourth-order valence-electron chi connectivity index (χ4n) is 2.30. The molecule has 0 radical (unpaired) electrons. The second-order valence-corrected chi connectivity index (χ2v) is 6.04. The number of aromatic nitrogens is 1. The Labute approximate surface area is 168 Å². The summed E-state index contributed by atoms with van der Waals surface area (Å²) >= 11 is 0. The normalized spacial score (nSPS) is 10.2. The van der Waals surface area contributed by atoms with Crippen molar-refractivity contribution in [3.63, 3.8) is 0 Å². The van der Waals surface area contributed by atoms with Crippen LogP contribution in [0.25, 0.3) is 0 Å². The fourth-order valence-corrected chi connectivity index (χ4v) is 2.30. The van der Waals surface area contributed by atoms with Crippen LogP contribution < -0.4 is 25.8 Å². The van der Waals surface area contributed by atoms with Crippen molar-refractivity contribution >= 4 is 23.4 Å². The number of benzene rings is 1. The SMILES string of the molecule is CCCCOc1ccc(NC(=O)c2cnc(C(=O)NC(=O)CN)c(OC)c2)cc1. The molecular formula is C20H24N4O5. The number of imide groups is 1. The van der Waals surface area contributed by atoms with E-state index >= 15 is 0 Å². The number of methoxy groups -OCH3 is 1. The summed E-state index contributed by atoms with van der Waals surface area (Å²) in [5.41, 5.74) is 5.81. The summed E-state index contributed by atoms with van der Waals surface area (Å²) in [5.74, 6) is -1.06. The molecule has 0 saturated heterocycles. The molecule has 0 aliphatic heterocycles. The highest BCUT2D eigenvalue weighted by Gasteiger charge is 2.19. The molecule has 9 nitrogen and oxygen atoms in total. The Morgan fingerprint density at radius 2 is 1.86 bits per heavy atom. The summed E-state index contributed by atoms with van der Waals surface area (Å²) in [6, 6.07) is 8.36. The quantitative estimate of drug-likeness (QED) is 0.546. The lowest BCUT2D eigenvalue weighted by atomic mass is 10.2. The van der Waals surface area contributed by atoms with Gasteiger partial charge in [-0.05, 0) is 36.8 Å². The minimum atomic E-state index is -0.761. The van der Waals surface area contributed by atoms with E-state index in [1.165, 1.54) is 19.4 Å². The number of rotatable bonds is 9.